The van der Waals surface area contributed by atoms with Crippen LogP contribution in [0.5, 0.6) is 5.75 Å². The predicted molar refractivity (Wildman–Crippen MR) is 125 cm³/mol. The van der Waals surface area contributed by atoms with E-state index in [-0.39, 0.29) is 17.5 Å². The molecule has 0 aliphatic rings. The van der Waals surface area contributed by atoms with Crippen molar-refractivity contribution >= 4 is 11.8 Å². The van der Waals surface area contributed by atoms with Crippen LogP contribution in [-0.2, 0) is 6.42 Å². The maximum atomic E-state index is 12.5. The first-order valence-electron chi connectivity index (χ1n) is 10.9. The lowest BCUT2D eigenvalue weighted by Crippen LogP contribution is -2.26. The van der Waals surface area contributed by atoms with Crippen LogP contribution in [0.3, 0.4) is 0 Å². The normalized spacial score (nSPS) is 10.5. The number of unbranched alkanes of at least 4 members (excludes halogenated alkanes) is 1. The third-order valence-electron chi connectivity index (χ3n) is 4.74. The molecule has 0 radical (unpaired) electrons. The van der Waals surface area contributed by atoms with Gasteiger partial charge >= 0.3 is 0 Å². The molecule has 0 aliphatic carbocycles. The van der Waals surface area contributed by atoms with Gasteiger partial charge in [0.25, 0.3) is 11.8 Å². The second kappa shape index (κ2) is 12.1. The van der Waals surface area contributed by atoms with Crippen LogP contribution < -0.4 is 15.4 Å². The van der Waals surface area contributed by atoms with Crippen molar-refractivity contribution in [1.29, 1.82) is 0 Å². The molecule has 2 amide bonds. The minimum Gasteiger partial charge on any atom is -0.491 e. The first-order chi connectivity index (χ1) is 16.1. The molecule has 2 N–H and O–H groups in total. The van der Waals surface area contributed by atoms with E-state index in [1.165, 1.54) is 10.9 Å². The van der Waals surface area contributed by atoms with Crippen molar-refractivity contribution in [2.24, 2.45) is 0 Å². The first-order valence-corrected chi connectivity index (χ1v) is 10.9. The number of carbonyl (C=O) groups is 2. The van der Waals surface area contributed by atoms with Crippen molar-refractivity contribution < 1.29 is 14.3 Å². The highest BCUT2D eigenvalue weighted by Gasteiger charge is 2.16. The van der Waals surface area contributed by atoms with Gasteiger partial charge in [0, 0.05) is 37.0 Å². The van der Waals surface area contributed by atoms with Crippen LogP contribution in [0.4, 0.5) is 0 Å². The summed E-state index contributed by atoms with van der Waals surface area (Å²) in [5, 5.41) is 13.7. The number of carbonyl (C=O) groups excluding carboxylic acids is 2. The number of hydrogen-bond donors (Lipinski definition) is 2. The largest absolute Gasteiger partial charge is 0.491 e. The molecule has 2 heterocycles. The molecule has 0 saturated carbocycles. The van der Waals surface area contributed by atoms with Gasteiger partial charge in [0.15, 0.2) is 5.69 Å². The zero-order chi connectivity index (χ0) is 23.5. The molecule has 0 fully saturated rings. The summed E-state index contributed by atoms with van der Waals surface area (Å²) in [5.74, 6) is -0.0362. The Morgan fingerprint density at radius 3 is 2.82 bits per heavy atom. The van der Waals surface area contributed by atoms with E-state index in [4.69, 9.17) is 4.74 Å². The van der Waals surface area contributed by atoms with E-state index in [0.717, 1.165) is 18.5 Å². The number of benzene rings is 1. The minimum absolute atomic E-state index is 0.182. The molecule has 0 spiro atoms. The number of allylic oxidation sites excluding steroid dienone is 1. The molecule has 0 bridgehead atoms. The first kappa shape index (κ1) is 23.6. The maximum absolute atomic E-state index is 12.5. The van der Waals surface area contributed by atoms with Crippen LogP contribution in [0.25, 0.3) is 5.69 Å². The van der Waals surface area contributed by atoms with Crippen molar-refractivity contribution in [3.8, 4) is 11.4 Å². The maximum Gasteiger partial charge on any atom is 0.273 e. The highest BCUT2D eigenvalue weighted by atomic mass is 16.5. The summed E-state index contributed by atoms with van der Waals surface area (Å²) in [5.41, 5.74) is 2.14. The number of hydrogen-bond acceptors (Lipinski definition) is 6. The van der Waals surface area contributed by atoms with Crippen molar-refractivity contribution in [2.75, 3.05) is 19.7 Å². The van der Waals surface area contributed by atoms with E-state index in [1.807, 2.05) is 31.2 Å². The Balaban J connectivity index is 1.72. The molecule has 9 heteroatoms. The zero-order valence-corrected chi connectivity index (χ0v) is 18.7. The number of pyridine rings is 1. The van der Waals surface area contributed by atoms with E-state index >= 15 is 0 Å². The standard InChI is InChI=1S/C24H28N6O3/c1-3-5-8-15-33-22-16-18(23(31)25-4-2)10-11-21(22)30-17-20(28-29-30)24(32)27-14-12-19-9-6-7-13-26-19/h3,6-7,9-11,13,16-17H,1,4-5,8,12,14-15H2,2H3,(H,25,31)(H,27,32). The van der Waals surface area contributed by atoms with Gasteiger partial charge in [-0.3, -0.25) is 14.6 Å². The molecule has 9 nitrogen and oxygen atoms in total. The van der Waals surface area contributed by atoms with Crippen LogP contribution in [0.2, 0.25) is 0 Å². The number of ether oxygens (including phenoxy) is 1. The molecule has 2 aromatic heterocycles. The van der Waals surface area contributed by atoms with Gasteiger partial charge in [0.05, 0.1) is 12.8 Å². The Labute approximate surface area is 192 Å². The van der Waals surface area contributed by atoms with Gasteiger partial charge in [-0.05, 0) is 50.1 Å². The molecular formula is C24H28N6O3. The summed E-state index contributed by atoms with van der Waals surface area (Å²) in [6, 6.07) is 10.7. The molecule has 33 heavy (non-hydrogen) atoms. The van der Waals surface area contributed by atoms with Crippen molar-refractivity contribution in [1.82, 2.24) is 30.6 Å². The molecular weight excluding hydrogens is 420 g/mol. The molecule has 0 saturated heterocycles. The minimum atomic E-state index is -0.329. The molecule has 0 aliphatic heterocycles. The highest BCUT2D eigenvalue weighted by Crippen LogP contribution is 2.25. The summed E-state index contributed by atoms with van der Waals surface area (Å²) in [4.78, 5) is 29.0. The van der Waals surface area contributed by atoms with Crippen molar-refractivity contribution in [2.45, 2.75) is 26.2 Å². The van der Waals surface area contributed by atoms with Gasteiger partial charge in [-0.25, -0.2) is 4.68 Å². The van der Waals surface area contributed by atoms with E-state index in [1.54, 1.807) is 24.4 Å². The van der Waals surface area contributed by atoms with Crippen LogP contribution in [0, 0.1) is 0 Å². The molecule has 1 aromatic carbocycles. The summed E-state index contributed by atoms with van der Waals surface area (Å²) in [7, 11) is 0. The SMILES string of the molecule is C=CCCCOc1cc(C(=O)NCC)ccc1-n1cc(C(=O)NCCc2ccccn2)nn1. The summed E-state index contributed by atoms with van der Waals surface area (Å²) in [6.45, 7) is 6.98. The van der Waals surface area contributed by atoms with Gasteiger partial charge in [-0.1, -0.05) is 17.4 Å². The van der Waals surface area contributed by atoms with Crippen LogP contribution in [0.15, 0.2) is 61.4 Å². The average molecular weight is 449 g/mol. The Morgan fingerprint density at radius 2 is 2.06 bits per heavy atom. The lowest BCUT2D eigenvalue weighted by atomic mass is 10.1. The fourth-order valence-electron chi connectivity index (χ4n) is 3.06. The van der Waals surface area contributed by atoms with Crippen molar-refractivity contribution in [3.05, 3.63) is 78.4 Å². The second-order valence-corrected chi connectivity index (χ2v) is 7.20. The Bertz CT molecular complexity index is 1080. The molecule has 0 atom stereocenters. The van der Waals surface area contributed by atoms with Gasteiger partial charge < -0.3 is 15.4 Å². The quantitative estimate of drug-likeness (QED) is 0.326. The van der Waals surface area contributed by atoms with Crippen LogP contribution in [0.1, 0.15) is 46.3 Å². The molecule has 3 aromatic rings. The van der Waals surface area contributed by atoms with Crippen LogP contribution >= 0.6 is 0 Å². The van der Waals surface area contributed by atoms with E-state index in [0.29, 0.717) is 43.1 Å². The molecule has 172 valence electrons. The van der Waals surface area contributed by atoms with Gasteiger partial charge in [0.2, 0.25) is 0 Å². The lowest BCUT2D eigenvalue weighted by Gasteiger charge is -2.12. The molecule has 0 unspecified atom stereocenters. The number of nitrogens with one attached hydrogen (secondary N) is 2. The van der Waals surface area contributed by atoms with E-state index in [2.05, 4.69) is 32.5 Å². The average Bonchev–Trinajstić information content (AvgIpc) is 3.33. The third-order valence-corrected chi connectivity index (χ3v) is 4.74. The van der Waals surface area contributed by atoms with E-state index in [9.17, 15) is 9.59 Å². The third kappa shape index (κ3) is 6.73. The number of rotatable bonds is 12. The summed E-state index contributed by atoms with van der Waals surface area (Å²) >= 11 is 0. The lowest BCUT2D eigenvalue weighted by molar-refractivity contribution is 0.0943. The van der Waals surface area contributed by atoms with Crippen LogP contribution in [-0.4, -0.2) is 51.5 Å². The summed E-state index contributed by atoms with van der Waals surface area (Å²) < 4.78 is 7.39. The predicted octanol–water partition coefficient (Wildman–Crippen LogP) is 2.73. The van der Waals surface area contributed by atoms with Gasteiger partial charge in [-0.15, -0.1) is 11.7 Å². The smallest absolute Gasteiger partial charge is 0.273 e. The topological polar surface area (TPSA) is 111 Å². The van der Waals surface area contributed by atoms with Gasteiger partial charge in [0.1, 0.15) is 11.4 Å². The Morgan fingerprint density at radius 1 is 1.18 bits per heavy atom. The van der Waals surface area contributed by atoms with Crippen molar-refractivity contribution in [3.63, 3.8) is 0 Å². The van der Waals surface area contributed by atoms with Gasteiger partial charge in [-0.2, -0.15) is 0 Å². The fourth-order valence-corrected chi connectivity index (χ4v) is 3.06. The monoisotopic (exact) mass is 448 g/mol. The Kier molecular flexibility index (Phi) is 8.70. The fraction of sp³-hybridized carbons (Fsp3) is 0.292. The number of aromatic nitrogens is 4. The second-order valence-electron chi connectivity index (χ2n) is 7.20. The number of amides is 2. The highest BCUT2D eigenvalue weighted by molar-refractivity contribution is 5.95. The molecule has 3 rings (SSSR count). The van der Waals surface area contributed by atoms with E-state index < -0.39 is 0 Å². The number of nitrogens with zero attached hydrogens (tertiary/aromatic N) is 4. The zero-order valence-electron chi connectivity index (χ0n) is 18.7. The Hall–Kier alpha value is -4.01. The summed E-state index contributed by atoms with van der Waals surface area (Å²) in [6.07, 6.45) is 7.30.